The average Bonchev–Trinajstić information content (AvgIpc) is 2.35. The summed E-state index contributed by atoms with van der Waals surface area (Å²) in [5, 5.41) is 2.20. The predicted octanol–water partition coefficient (Wildman–Crippen LogP) is 3.18. The van der Waals surface area contributed by atoms with Crippen LogP contribution in [0.2, 0.25) is 0 Å². The van der Waals surface area contributed by atoms with Crippen LogP contribution in [-0.2, 0) is 9.53 Å². The molecule has 3 nitrogen and oxygen atoms in total. The van der Waals surface area contributed by atoms with Crippen molar-refractivity contribution >= 4 is 16.7 Å². The van der Waals surface area contributed by atoms with Crippen LogP contribution < -0.4 is 5.73 Å². The number of rotatable bonds is 2. The molecule has 3 heteroatoms. The predicted molar refractivity (Wildman–Crippen MR) is 76.7 cm³/mol. The van der Waals surface area contributed by atoms with E-state index in [0.29, 0.717) is 0 Å². The largest absolute Gasteiger partial charge is 0.459 e. The molecule has 0 aliphatic rings. The maximum absolute atomic E-state index is 11.9. The van der Waals surface area contributed by atoms with Gasteiger partial charge >= 0.3 is 5.97 Å². The Balaban J connectivity index is 2.26. The van der Waals surface area contributed by atoms with E-state index in [1.165, 1.54) is 0 Å². The zero-order valence-electron chi connectivity index (χ0n) is 11.5. The van der Waals surface area contributed by atoms with Crippen molar-refractivity contribution in [1.29, 1.82) is 0 Å². The van der Waals surface area contributed by atoms with Crippen molar-refractivity contribution in [3.8, 4) is 0 Å². The highest BCUT2D eigenvalue weighted by Gasteiger charge is 2.23. The number of nitrogens with two attached hydrogens (primary N) is 1. The number of fused-ring (bicyclic) bond motifs is 1. The maximum atomic E-state index is 11.9. The molecule has 1 atom stereocenters. The Morgan fingerprint density at radius 2 is 1.74 bits per heavy atom. The molecule has 0 bridgehead atoms. The average molecular weight is 257 g/mol. The summed E-state index contributed by atoms with van der Waals surface area (Å²) in [5.74, 6) is -0.400. The lowest BCUT2D eigenvalue weighted by molar-refractivity contribution is -0.156. The molecule has 0 aliphatic heterocycles. The van der Waals surface area contributed by atoms with Gasteiger partial charge in [-0.15, -0.1) is 0 Å². The van der Waals surface area contributed by atoms with E-state index in [1.807, 2.05) is 63.2 Å². The van der Waals surface area contributed by atoms with Crippen LogP contribution in [0.15, 0.2) is 42.5 Å². The Morgan fingerprint density at radius 3 is 2.37 bits per heavy atom. The fourth-order valence-electron chi connectivity index (χ4n) is 1.90. The third kappa shape index (κ3) is 3.32. The molecule has 0 aromatic heterocycles. The first kappa shape index (κ1) is 13.6. The molecule has 0 saturated carbocycles. The van der Waals surface area contributed by atoms with Crippen molar-refractivity contribution in [2.75, 3.05) is 0 Å². The Morgan fingerprint density at radius 1 is 1.11 bits per heavy atom. The first-order valence-electron chi connectivity index (χ1n) is 6.34. The highest BCUT2D eigenvalue weighted by atomic mass is 16.6. The van der Waals surface area contributed by atoms with Crippen LogP contribution in [0, 0.1) is 0 Å². The van der Waals surface area contributed by atoms with Gasteiger partial charge < -0.3 is 10.5 Å². The van der Waals surface area contributed by atoms with Crippen molar-refractivity contribution in [1.82, 2.24) is 0 Å². The fraction of sp³-hybridized carbons (Fsp3) is 0.312. The first-order chi connectivity index (χ1) is 8.87. The number of esters is 1. The zero-order valence-corrected chi connectivity index (χ0v) is 11.5. The van der Waals surface area contributed by atoms with Crippen molar-refractivity contribution in [3.05, 3.63) is 48.0 Å². The van der Waals surface area contributed by atoms with Crippen LogP contribution in [0.5, 0.6) is 0 Å². The fourth-order valence-corrected chi connectivity index (χ4v) is 1.90. The highest BCUT2D eigenvalue weighted by molar-refractivity contribution is 5.85. The van der Waals surface area contributed by atoms with E-state index in [9.17, 15) is 4.79 Å². The quantitative estimate of drug-likeness (QED) is 0.841. The van der Waals surface area contributed by atoms with E-state index < -0.39 is 17.6 Å². The molecule has 19 heavy (non-hydrogen) atoms. The van der Waals surface area contributed by atoms with Crippen LogP contribution in [0.25, 0.3) is 10.8 Å². The summed E-state index contributed by atoms with van der Waals surface area (Å²) in [7, 11) is 0. The van der Waals surface area contributed by atoms with Gasteiger partial charge in [-0.3, -0.25) is 0 Å². The van der Waals surface area contributed by atoms with Gasteiger partial charge in [-0.25, -0.2) is 4.79 Å². The van der Waals surface area contributed by atoms with Crippen LogP contribution in [-0.4, -0.2) is 11.6 Å². The second kappa shape index (κ2) is 5.02. The second-order valence-electron chi connectivity index (χ2n) is 5.62. The summed E-state index contributed by atoms with van der Waals surface area (Å²) in [6.45, 7) is 5.49. The summed E-state index contributed by atoms with van der Waals surface area (Å²) < 4.78 is 5.30. The summed E-state index contributed by atoms with van der Waals surface area (Å²) in [5.41, 5.74) is 6.21. The van der Waals surface area contributed by atoms with E-state index in [4.69, 9.17) is 10.5 Å². The normalized spacial score (nSPS) is 13.3. The molecule has 0 saturated heterocycles. The Hall–Kier alpha value is -1.87. The summed E-state index contributed by atoms with van der Waals surface area (Å²) in [6.07, 6.45) is 0. The molecule has 2 aromatic carbocycles. The minimum absolute atomic E-state index is 0.400. The maximum Gasteiger partial charge on any atom is 0.328 e. The summed E-state index contributed by atoms with van der Waals surface area (Å²) >= 11 is 0. The van der Waals surface area contributed by atoms with Gasteiger partial charge in [0, 0.05) is 0 Å². The molecule has 0 fully saturated rings. The van der Waals surface area contributed by atoms with E-state index in [-0.39, 0.29) is 0 Å². The number of hydrogen-bond acceptors (Lipinski definition) is 3. The number of hydrogen-bond donors (Lipinski definition) is 1. The van der Waals surface area contributed by atoms with Crippen LogP contribution >= 0.6 is 0 Å². The lowest BCUT2D eigenvalue weighted by Crippen LogP contribution is -2.31. The molecular formula is C16H19NO2. The van der Waals surface area contributed by atoms with Crippen molar-refractivity contribution in [3.63, 3.8) is 0 Å². The summed E-state index contributed by atoms with van der Waals surface area (Å²) in [6, 6.07) is 13.0. The number of ether oxygens (including phenoxy) is 1. The highest BCUT2D eigenvalue weighted by Crippen LogP contribution is 2.21. The molecule has 0 radical (unpaired) electrons. The van der Waals surface area contributed by atoms with Crippen LogP contribution in [0.3, 0.4) is 0 Å². The molecular weight excluding hydrogens is 238 g/mol. The van der Waals surface area contributed by atoms with E-state index in [2.05, 4.69) is 0 Å². The number of carbonyl (C=O) groups is 1. The zero-order chi connectivity index (χ0) is 14.0. The van der Waals surface area contributed by atoms with Gasteiger partial charge in [-0.2, -0.15) is 0 Å². The van der Waals surface area contributed by atoms with Crippen molar-refractivity contribution < 1.29 is 9.53 Å². The Kier molecular flexibility index (Phi) is 3.58. The molecule has 2 rings (SSSR count). The Bertz CT molecular complexity index is 599. The van der Waals surface area contributed by atoms with Gasteiger partial charge in [0.15, 0.2) is 0 Å². The van der Waals surface area contributed by atoms with Crippen molar-refractivity contribution in [2.45, 2.75) is 32.4 Å². The third-order valence-electron chi connectivity index (χ3n) is 2.79. The van der Waals surface area contributed by atoms with Crippen LogP contribution in [0.1, 0.15) is 32.4 Å². The Labute approximate surface area is 113 Å². The van der Waals surface area contributed by atoms with Gasteiger partial charge in [0.25, 0.3) is 0 Å². The number of carbonyl (C=O) groups excluding carboxylic acids is 1. The monoisotopic (exact) mass is 257 g/mol. The lowest BCUT2D eigenvalue weighted by Gasteiger charge is -2.22. The second-order valence-corrected chi connectivity index (χ2v) is 5.62. The van der Waals surface area contributed by atoms with Gasteiger partial charge in [0.05, 0.1) is 0 Å². The minimum Gasteiger partial charge on any atom is -0.459 e. The number of benzene rings is 2. The molecule has 0 unspecified atom stereocenters. The smallest absolute Gasteiger partial charge is 0.328 e. The first-order valence-corrected chi connectivity index (χ1v) is 6.34. The topological polar surface area (TPSA) is 52.3 Å². The van der Waals surface area contributed by atoms with Crippen LogP contribution in [0.4, 0.5) is 0 Å². The van der Waals surface area contributed by atoms with E-state index in [0.717, 1.165) is 16.3 Å². The molecule has 0 spiro atoms. The molecule has 2 N–H and O–H groups in total. The van der Waals surface area contributed by atoms with Gasteiger partial charge in [-0.1, -0.05) is 36.4 Å². The molecule has 2 aromatic rings. The molecule has 0 aliphatic carbocycles. The minimum atomic E-state index is -0.746. The molecule has 0 amide bonds. The van der Waals surface area contributed by atoms with E-state index in [1.54, 1.807) is 0 Å². The third-order valence-corrected chi connectivity index (χ3v) is 2.79. The molecule has 100 valence electrons. The van der Waals surface area contributed by atoms with E-state index >= 15 is 0 Å². The standard InChI is InChI=1S/C16H19NO2/c1-16(2,3)19-15(18)14(17)13-9-8-11-6-4-5-7-12(11)10-13/h4-10,14H,17H2,1-3H3/t14-/m0/s1. The lowest BCUT2D eigenvalue weighted by atomic mass is 10.0. The van der Waals surface area contributed by atoms with Gasteiger partial charge in [0.1, 0.15) is 11.6 Å². The van der Waals surface area contributed by atoms with Gasteiger partial charge in [0.2, 0.25) is 0 Å². The van der Waals surface area contributed by atoms with Gasteiger partial charge in [-0.05, 0) is 43.2 Å². The van der Waals surface area contributed by atoms with Crippen molar-refractivity contribution in [2.24, 2.45) is 5.73 Å². The summed E-state index contributed by atoms with van der Waals surface area (Å²) in [4.78, 5) is 11.9. The SMILES string of the molecule is CC(C)(C)OC(=O)[C@@H](N)c1ccc2ccccc2c1. The molecule has 0 heterocycles.